The van der Waals surface area contributed by atoms with Crippen molar-refractivity contribution in [3.05, 3.63) is 0 Å². The topological polar surface area (TPSA) is 358 Å². The molecule has 1 unspecified atom stereocenters. The van der Waals surface area contributed by atoms with Crippen molar-refractivity contribution in [3.63, 3.8) is 0 Å². The molecular formula is C16H40N4O18P6. The lowest BCUT2D eigenvalue weighted by molar-refractivity contribution is 0.209. The molecule has 0 bridgehead atoms. The highest BCUT2D eigenvalue weighted by Crippen LogP contribution is 2.43. The Morgan fingerprint density at radius 1 is 0.500 bits per heavy atom. The van der Waals surface area contributed by atoms with E-state index in [1.807, 2.05) is 0 Å². The Hall–Kier alpha value is 0.160. The van der Waals surface area contributed by atoms with Crippen LogP contribution in [0.25, 0.3) is 0 Å². The van der Waals surface area contributed by atoms with Gasteiger partial charge in [-0.15, -0.1) is 0 Å². The number of nitrogens with zero attached hydrogens (tertiary/aromatic N) is 4. The van der Waals surface area contributed by atoms with Gasteiger partial charge in [0.1, 0.15) is 25.1 Å². The van der Waals surface area contributed by atoms with E-state index in [2.05, 4.69) is 0 Å². The summed E-state index contributed by atoms with van der Waals surface area (Å²) in [6.45, 7) is -1.39. The monoisotopic (exact) mass is 762 g/mol. The van der Waals surface area contributed by atoms with Crippen molar-refractivity contribution in [2.24, 2.45) is 0 Å². The van der Waals surface area contributed by atoms with E-state index in [1.54, 1.807) is 0 Å². The molecule has 0 heterocycles. The molecule has 1 atom stereocenters. The molecule has 0 aliphatic carbocycles. The summed E-state index contributed by atoms with van der Waals surface area (Å²) < 4.78 is 46.1. The zero-order valence-corrected chi connectivity index (χ0v) is 28.6. The fraction of sp³-hybridized carbons (Fsp3) is 0.875. The minimum Gasteiger partial charge on any atom is -0.475 e. The third-order valence-electron chi connectivity index (χ3n) is 5.39. The number of hydrogen-bond donors (Lipinski definition) is 12. The van der Waals surface area contributed by atoms with Crippen LogP contribution in [0.5, 0.6) is 0 Å². The molecule has 0 aliphatic rings. The van der Waals surface area contributed by atoms with Crippen molar-refractivity contribution in [3.8, 4) is 0 Å². The SMILES string of the molecule is O=C(N(CCN(CCCCCCN(CCN(CP(=O)(O)O)CP(=O)(O)O)CP(=O)(O)O)CP(=O)(O)O)P(O)C(=O)O)P(O)O. The molecule has 0 aliphatic heterocycles. The maximum absolute atomic E-state index is 11.9. The Bertz CT molecular complexity index is 1070. The smallest absolute Gasteiger partial charge is 0.374 e. The molecule has 0 spiro atoms. The summed E-state index contributed by atoms with van der Waals surface area (Å²) in [5, 5.41) is 8.99. The number of carbonyl (C=O) groups excluding carboxylic acids is 1. The second-order valence-electron chi connectivity index (χ2n) is 9.54. The summed E-state index contributed by atoms with van der Waals surface area (Å²) in [6.07, 6.45) is -2.08. The zero-order chi connectivity index (χ0) is 34.5. The van der Waals surface area contributed by atoms with E-state index in [4.69, 9.17) is 14.9 Å². The van der Waals surface area contributed by atoms with Crippen LogP contribution in [0.4, 0.5) is 9.59 Å². The molecular weight excluding hydrogens is 722 g/mol. The summed E-state index contributed by atoms with van der Waals surface area (Å²) in [6, 6.07) is 0. The van der Waals surface area contributed by atoms with Gasteiger partial charge >= 0.3 is 41.7 Å². The van der Waals surface area contributed by atoms with E-state index in [-0.39, 0.29) is 32.7 Å². The quantitative estimate of drug-likeness (QED) is 0.0443. The van der Waals surface area contributed by atoms with Gasteiger partial charge in [-0.05, 0) is 25.9 Å². The van der Waals surface area contributed by atoms with E-state index < -0.39 is 90.1 Å². The number of amides is 1. The highest BCUT2D eigenvalue weighted by molar-refractivity contribution is 7.71. The van der Waals surface area contributed by atoms with Gasteiger partial charge in [-0.3, -0.25) is 42.4 Å². The summed E-state index contributed by atoms with van der Waals surface area (Å²) in [5.74, 6) is 0. The van der Waals surface area contributed by atoms with Crippen LogP contribution in [0, 0.1) is 0 Å². The Morgan fingerprint density at radius 3 is 1.14 bits per heavy atom. The lowest BCUT2D eigenvalue weighted by atomic mass is 10.2. The van der Waals surface area contributed by atoms with Crippen molar-refractivity contribution in [2.75, 3.05) is 64.4 Å². The van der Waals surface area contributed by atoms with E-state index in [9.17, 15) is 71.9 Å². The van der Waals surface area contributed by atoms with Gasteiger partial charge in [0.2, 0.25) is 0 Å². The summed E-state index contributed by atoms with van der Waals surface area (Å²) in [5.41, 5.74) is -3.27. The summed E-state index contributed by atoms with van der Waals surface area (Å²) in [7, 11) is -25.1. The molecule has 28 heteroatoms. The van der Waals surface area contributed by atoms with Crippen LogP contribution in [0.2, 0.25) is 0 Å². The minimum absolute atomic E-state index is 0.0164. The Labute approximate surface area is 254 Å². The van der Waals surface area contributed by atoms with Crippen LogP contribution in [0.15, 0.2) is 0 Å². The maximum atomic E-state index is 11.9. The fourth-order valence-corrected chi connectivity index (χ4v) is 8.49. The molecule has 0 radical (unpaired) electrons. The standard InChI is InChI=1S/C16H40N4O18P6/c21-15(40(25)26)20(39(24)16(22)23)10-9-18(12-42(30,31)32)6-4-2-1-3-5-17(11-41(27,28)29)7-8-19(13-43(33,34)35)14-44(36,37)38/h24-26H,1-14H2,(H,22,23)(H2,27,28,29)(H2,30,31,32)(H2,33,34,35)(H2,36,37,38). The Morgan fingerprint density at radius 2 is 0.818 bits per heavy atom. The van der Waals surface area contributed by atoms with Gasteiger partial charge in [0.05, 0.1) is 0 Å². The van der Waals surface area contributed by atoms with Gasteiger partial charge in [0.25, 0.3) is 16.7 Å². The molecule has 0 aromatic carbocycles. The average molecular weight is 762 g/mol. The molecule has 0 aromatic rings. The number of carboxylic acid groups (broad SMARTS) is 1. The molecule has 12 N–H and O–H groups in total. The van der Waals surface area contributed by atoms with E-state index >= 15 is 0 Å². The van der Waals surface area contributed by atoms with Crippen LogP contribution < -0.4 is 0 Å². The first-order chi connectivity index (χ1) is 19.8. The van der Waals surface area contributed by atoms with E-state index in [0.29, 0.717) is 30.4 Å². The van der Waals surface area contributed by atoms with Crippen LogP contribution in [-0.2, 0) is 18.3 Å². The van der Waals surface area contributed by atoms with Crippen molar-refractivity contribution in [1.29, 1.82) is 0 Å². The predicted molar refractivity (Wildman–Crippen MR) is 157 cm³/mol. The normalized spacial score (nSPS) is 14.2. The van der Waals surface area contributed by atoms with Crippen LogP contribution in [0.3, 0.4) is 0 Å². The van der Waals surface area contributed by atoms with Gasteiger partial charge < -0.3 is 58.9 Å². The first-order valence-electron chi connectivity index (χ1n) is 12.4. The second-order valence-corrected chi connectivity index (χ2v) is 18.4. The molecule has 0 aromatic heterocycles. The van der Waals surface area contributed by atoms with Gasteiger partial charge in [0.15, 0.2) is 0 Å². The van der Waals surface area contributed by atoms with Crippen LogP contribution in [0.1, 0.15) is 25.7 Å². The zero-order valence-electron chi connectivity index (χ0n) is 23.2. The second kappa shape index (κ2) is 19.9. The molecule has 0 fully saturated rings. The van der Waals surface area contributed by atoms with Gasteiger partial charge in [0, 0.05) is 26.2 Å². The molecule has 0 rings (SSSR count). The van der Waals surface area contributed by atoms with Crippen molar-refractivity contribution in [2.45, 2.75) is 25.7 Å². The highest BCUT2D eigenvalue weighted by Gasteiger charge is 2.33. The fourth-order valence-electron chi connectivity index (χ4n) is 3.76. The van der Waals surface area contributed by atoms with Gasteiger partial charge in [-0.2, -0.15) is 0 Å². The number of hydrogen-bond acceptors (Lipinski definition) is 12. The van der Waals surface area contributed by atoms with Crippen molar-refractivity contribution in [1.82, 2.24) is 19.4 Å². The van der Waals surface area contributed by atoms with Gasteiger partial charge in [-0.1, -0.05) is 12.8 Å². The molecule has 0 saturated carbocycles. The first kappa shape index (κ1) is 44.2. The third kappa shape index (κ3) is 23.5. The highest BCUT2D eigenvalue weighted by atomic mass is 31.2. The predicted octanol–water partition coefficient (Wildman–Crippen LogP) is -0.306. The average Bonchev–Trinajstić information content (AvgIpc) is 2.79. The molecule has 262 valence electrons. The first-order valence-corrected chi connectivity index (χ1v) is 22.0. The van der Waals surface area contributed by atoms with E-state index in [1.165, 1.54) is 9.80 Å². The Balaban J connectivity index is 5.15. The van der Waals surface area contributed by atoms with Gasteiger partial charge in [-0.25, -0.2) is 4.79 Å². The number of unbranched alkanes of at least 4 members (excludes halogenated alkanes) is 3. The van der Waals surface area contributed by atoms with Crippen molar-refractivity contribution < 1.29 is 86.8 Å². The minimum atomic E-state index is -4.71. The maximum Gasteiger partial charge on any atom is 0.374 e. The molecule has 0 saturated heterocycles. The molecule has 22 nitrogen and oxygen atoms in total. The van der Waals surface area contributed by atoms with Crippen LogP contribution >= 0.6 is 47.1 Å². The largest absolute Gasteiger partial charge is 0.475 e. The number of carbonyl (C=O) groups is 2. The van der Waals surface area contributed by atoms with E-state index in [0.717, 1.165) is 4.90 Å². The number of rotatable bonds is 24. The third-order valence-corrected chi connectivity index (χ3v) is 10.4. The van der Waals surface area contributed by atoms with Crippen LogP contribution in [-0.4, -0.2) is 154 Å². The Kier molecular flexibility index (Phi) is 19.9. The molecule has 1 amide bonds. The summed E-state index contributed by atoms with van der Waals surface area (Å²) in [4.78, 5) is 128. The van der Waals surface area contributed by atoms with Crippen molar-refractivity contribution >= 4 is 58.4 Å². The molecule has 44 heavy (non-hydrogen) atoms. The summed E-state index contributed by atoms with van der Waals surface area (Å²) >= 11 is 0. The lowest BCUT2D eigenvalue weighted by Gasteiger charge is -2.29. The lowest BCUT2D eigenvalue weighted by Crippen LogP contribution is -2.37.